The van der Waals surface area contributed by atoms with Gasteiger partial charge in [0, 0.05) is 11.0 Å². The summed E-state index contributed by atoms with van der Waals surface area (Å²) in [5.74, 6) is 0.708. The zero-order chi connectivity index (χ0) is 19.0. The largest absolute Gasteiger partial charge is 0.494 e. The van der Waals surface area contributed by atoms with Gasteiger partial charge in [-0.3, -0.25) is 20.4 Å². The third-order valence-corrected chi connectivity index (χ3v) is 3.48. The fourth-order valence-electron chi connectivity index (χ4n) is 1.62. The van der Waals surface area contributed by atoms with Crippen molar-refractivity contribution in [1.29, 1.82) is 0 Å². The summed E-state index contributed by atoms with van der Waals surface area (Å²) in [5.41, 5.74) is 4.85. The minimum absolute atomic E-state index is 0.0434. The number of ether oxygens (including phenoxy) is 1. The Bertz CT molecular complexity index is 607. The van der Waals surface area contributed by atoms with Crippen LogP contribution in [0.15, 0.2) is 24.3 Å². The van der Waals surface area contributed by atoms with E-state index in [9.17, 15) is 9.59 Å². The molecule has 1 aromatic rings. The monoisotopic (exact) mass is 365 g/mol. The van der Waals surface area contributed by atoms with Crippen molar-refractivity contribution in [2.45, 2.75) is 41.0 Å². The van der Waals surface area contributed by atoms with Crippen LogP contribution in [0.1, 0.15) is 51.4 Å². The van der Waals surface area contributed by atoms with Crippen molar-refractivity contribution in [1.82, 2.24) is 16.2 Å². The van der Waals surface area contributed by atoms with Crippen LogP contribution in [-0.4, -0.2) is 23.5 Å². The fourth-order valence-corrected chi connectivity index (χ4v) is 1.77. The third-order valence-electron chi connectivity index (χ3n) is 3.28. The molecule has 0 aromatic heterocycles. The molecular formula is C18H27N3O3S. The smallest absolute Gasteiger partial charge is 0.269 e. The zero-order valence-corrected chi connectivity index (χ0v) is 16.3. The Morgan fingerprint density at radius 3 is 2.24 bits per heavy atom. The molecule has 0 fully saturated rings. The van der Waals surface area contributed by atoms with Crippen LogP contribution in [0, 0.1) is 11.3 Å². The molecule has 0 unspecified atom stereocenters. The van der Waals surface area contributed by atoms with E-state index in [1.165, 1.54) is 0 Å². The van der Waals surface area contributed by atoms with Gasteiger partial charge in [-0.25, -0.2) is 0 Å². The van der Waals surface area contributed by atoms with Crippen LogP contribution in [0.5, 0.6) is 5.75 Å². The van der Waals surface area contributed by atoms with Gasteiger partial charge in [0.1, 0.15) is 5.75 Å². The summed E-state index contributed by atoms with van der Waals surface area (Å²) in [6, 6.07) is 6.82. The summed E-state index contributed by atoms with van der Waals surface area (Å²) >= 11 is 4.98. The molecule has 7 heteroatoms. The standard InChI is InChI=1S/C18H27N3O3S/c1-12(2)10-11-24-14-8-6-13(7-9-14)15(22)20-21-17(25)19-16(23)18(3,4)5/h6-9,12H,10-11H2,1-5H3,(H,20,22)(H2,19,21,23,25). The highest BCUT2D eigenvalue weighted by molar-refractivity contribution is 7.80. The van der Waals surface area contributed by atoms with Crippen molar-refractivity contribution < 1.29 is 14.3 Å². The van der Waals surface area contributed by atoms with E-state index >= 15 is 0 Å². The van der Waals surface area contributed by atoms with E-state index in [1.807, 2.05) is 0 Å². The summed E-state index contributed by atoms with van der Waals surface area (Å²) in [7, 11) is 0. The number of carbonyl (C=O) groups is 2. The Labute approximate surface area is 154 Å². The van der Waals surface area contributed by atoms with Crippen molar-refractivity contribution in [2.75, 3.05) is 6.61 Å². The number of hydrogen-bond donors (Lipinski definition) is 3. The highest BCUT2D eigenvalue weighted by Gasteiger charge is 2.22. The number of amides is 2. The maximum absolute atomic E-state index is 12.1. The summed E-state index contributed by atoms with van der Waals surface area (Å²) < 4.78 is 5.61. The summed E-state index contributed by atoms with van der Waals surface area (Å²) in [4.78, 5) is 23.8. The van der Waals surface area contributed by atoms with Gasteiger partial charge in [-0.2, -0.15) is 0 Å². The first-order chi connectivity index (χ1) is 11.6. The fraction of sp³-hybridized carbons (Fsp3) is 0.500. The average molecular weight is 365 g/mol. The molecule has 0 aliphatic heterocycles. The molecule has 0 bridgehead atoms. The van der Waals surface area contributed by atoms with E-state index in [2.05, 4.69) is 30.0 Å². The predicted octanol–water partition coefficient (Wildman–Crippen LogP) is 2.79. The minimum Gasteiger partial charge on any atom is -0.494 e. The minimum atomic E-state index is -0.568. The van der Waals surface area contributed by atoms with Gasteiger partial charge in [0.25, 0.3) is 5.91 Å². The average Bonchev–Trinajstić information content (AvgIpc) is 2.52. The van der Waals surface area contributed by atoms with Gasteiger partial charge >= 0.3 is 0 Å². The molecule has 138 valence electrons. The van der Waals surface area contributed by atoms with Crippen LogP contribution in [0.3, 0.4) is 0 Å². The van der Waals surface area contributed by atoms with Crippen LogP contribution in [-0.2, 0) is 4.79 Å². The van der Waals surface area contributed by atoms with Gasteiger partial charge in [0.05, 0.1) is 6.61 Å². The number of carbonyl (C=O) groups excluding carboxylic acids is 2. The molecule has 0 atom stereocenters. The molecule has 6 nitrogen and oxygen atoms in total. The van der Waals surface area contributed by atoms with Crippen molar-refractivity contribution in [3.8, 4) is 5.75 Å². The van der Waals surface area contributed by atoms with Crippen LogP contribution < -0.4 is 20.9 Å². The van der Waals surface area contributed by atoms with Crippen LogP contribution >= 0.6 is 12.2 Å². The molecule has 1 rings (SSSR count). The van der Waals surface area contributed by atoms with E-state index in [0.717, 1.165) is 12.2 Å². The van der Waals surface area contributed by atoms with Crippen LogP contribution in [0.25, 0.3) is 0 Å². The van der Waals surface area contributed by atoms with Gasteiger partial charge < -0.3 is 10.1 Å². The number of nitrogens with one attached hydrogen (secondary N) is 3. The molecule has 0 saturated heterocycles. The molecule has 0 heterocycles. The quantitative estimate of drug-likeness (QED) is 0.552. The topological polar surface area (TPSA) is 79.5 Å². The van der Waals surface area contributed by atoms with Crippen LogP contribution in [0.2, 0.25) is 0 Å². The van der Waals surface area contributed by atoms with E-state index in [0.29, 0.717) is 18.1 Å². The Kier molecular flexibility index (Phi) is 7.83. The molecule has 25 heavy (non-hydrogen) atoms. The van der Waals surface area contributed by atoms with Crippen molar-refractivity contribution in [2.24, 2.45) is 11.3 Å². The molecule has 2 amide bonds. The zero-order valence-electron chi connectivity index (χ0n) is 15.4. The first kappa shape index (κ1) is 20.9. The second-order valence-corrected chi connectivity index (χ2v) is 7.58. The van der Waals surface area contributed by atoms with E-state index < -0.39 is 5.41 Å². The lowest BCUT2D eigenvalue weighted by Gasteiger charge is -2.18. The third kappa shape index (κ3) is 7.98. The molecule has 3 N–H and O–H groups in total. The molecule has 0 radical (unpaired) electrons. The maximum Gasteiger partial charge on any atom is 0.269 e. The first-order valence-electron chi connectivity index (χ1n) is 8.24. The van der Waals surface area contributed by atoms with Crippen molar-refractivity contribution in [3.05, 3.63) is 29.8 Å². The normalized spacial score (nSPS) is 11.0. The lowest BCUT2D eigenvalue weighted by Crippen LogP contribution is -2.50. The lowest BCUT2D eigenvalue weighted by atomic mass is 9.96. The van der Waals surface area contributed by atoms with Crippen molar-refractivity contribution in [3.63, 3.8) is 0 Å². The van der Waals surface area contributed by atoms with E-state index in [-0.39, 0.29) is 16.9 Å². The van der Waals surface area contributed by atoms with Gasteiger partial charge in [-0.05, 0) is 48.8 Å². The SMILES string of the molecule is CC(C)CCOc1ccc(C(=O)NNC(=S)NC(=O)C(C)(C)C)cc1. The second kappa shape index (κ2) is 9.36. The lowest BCUT2D eigenvalue weighted by molar-refractivity contribution is -0.126. The predicted molar refractivity (Wildman–Crippen MR) is 102 cm³/mol. The highest BCUT2D eigenvalue weighted by atomic mass is 32.1. The first-order valence-corrected chi connectivity index (χ1v) is 8.65. The second-order valence-electron chi connectivity index (χ2n) is 7.17. The molecule has 1 aromatic carbocycles. The summed E-state index contributed by atoms with van der Waals surface area (Å²) in [6.07, 6.45) is 0.976. The molecular weight excluding hydrogens is 338 g/mol. The Hall–Kier alpha value is -2.15. The molecule has 0 saturated carbocycles. The van der Waals surface area contributed by atoms with Gasteiger partial charge in [0.2, 0.25) is 5.91 Å². The molecule has 0 aliphatic carbocycles. The number of hydrogen-bond acceptors (Lipinski definition) is 4. The molecule has 0 spiro atoms. The molecule has 0 aliphatic rings. The van der Waals surface area contributed by atoms with Gasteiger partial charge in [0.15, 0.2) is 5.11 Å². The van der Waals surface area contributed by atoms with Crippen LogP contribution in [0.4, 0.5) is 0 Å². The van der Waals surface area contributed by atoms with Crippen molar-refractivity contribution >= 4 is 29.1 Å². The van der Waals surface area contributed by atoms with E-state index in [4.69, 9.17) is 17.0 Å². The summed E-state index contributed by atoms with van der Waals surface area (Å²) in [6.45, 7) is 10.2. The summed E-state index contributed by atoms with van der Waals surface area (Å²) in [5, 5.41) is 2.56. The number of thiocarbonyl (C=S) groups is 1. The number of rotatable bonds is 5. The van der Waals surface area contributed by atoms with Gasteiger partial charge in [-0.1, -0.05) is 34.6 Å². The maximum atomic E-state index is 12.1. The Balaban J connectivity index is 2.44. The highest BCUT2D eigenvalue weighted by Crippen LogP contribution is 2.13. The van der Waals surface area contributed by atoms with E-state index in [1.54, 1.807) is 45.0 Å². The number of hydrazine groups is 1. The van der Waals surface area contributed by atoms with Gasteiger partial charge in [-0.15, -0.1) is 0 Å². The Morgan fingerprint density at radius 2 is 1.72 bits per heavy atom. The Morgan fingerprint density at radius 1 is 1.12 bits per heavy atom. The number of benzene rings is 1.